The van der Waals surface area contributed by atoms with Crippen LogP contribution in [-0.2, 0) is 4.74 Å². The minimum atomic E-state index is -0.410. The predicted molar refractivity (Wildman–Crippen MR) is 64.4 cm³/mol. The average Bonchev–Trinajstić information content (AvgIpc) is 2.45. The van der Waals surface area contributed by atoms with Crippen molar-refractivity contribution >= 4 is 22.0 Å². The highest BCUT2D eigenvalue weighted by atomic mass is 79.9. The van der Waals surface area contributed by atoms with Gasteiger partial charge >= 0.3 is 6.09 Å². The number of carbonyl (C=O) groups is 1. The van der Waals surface area contributed by atoms with E-state index < -0.39 is 5.60 Å². The van der Waals surface area contributed by atoms with Crippen LogP contribution in [0.1, 0.15) is 40.5 Å². The highest BCUT2D eigenvalue weighted by Gasteiger charge is 2.40. The van der Waals surface area contributed by atoms with Crippen molar-refractivity contribution in [3.63, 3.8) is 0 Å². The van der Waals surface area contributed by atoms with Gasteiger partial charge in [-0.05, 0) is 40.5 Å². The second-order valence-corrected chi connectivity index (χ2v) is 5.93. The third kappa shape index (κ3) is 3.10. The fourth-order valence-electron chi connectivity index (χ4n) is 1.79. The monoisotopic (exact) mass is 277 g/mol. The summed E-state index contributed by atoms with van der Waals surface area (Å²) in [7, 11) is 0. The normalized spacial score (nSPS) is 26.9. The molecule has 1 heterocycles. The number of carbonyl (C=O) groups excluding carboxylic acids is 1. The zero-order valence-corrected chi connectivity index (χ0v) is 11.6. The van der Waals surface area contributed by atoms with Crippen LogP contribution in [0.25, 0.3) is 0 Å². The van der Waals surface area contributed by atoms with Crippen molar-refractivity contribution in [1.82, 2.24) is 4.90 Å². The Balaban J connectivity index is 2.67. The van der Waals surface area contributed by atoms with Crippen molar-refractivity contribution in [3.05, 3.63) is 0 Å². The van der Waals surface area contributed by atoms with Gasteiger partial charge in [-0.2, -0.15) is 0 Å². The van der Waals surface area contributed by atoms with Gasteiger partial charge in [-0.3, -0.25) is 0 Å². The second-order valence-electron chi connectivity index (χ2n) is 5.37. The Labute approximate surface area is 100 Å². The molecule has 0 radical (unpaired) electrons. The molecule has 0 aliphatic carbocycles. The first-order valence-corrected chi connectivity index (χ1v) is 6.47. The Morgan fingerprint density at radius 1 is 1.53 bits per heavy atom. The van der Waals surface area contributed by atoms with Crippen LogP contribution >= 0.6 is 15.9 Å². The largest absolute Gasteiger partial charge is 0.444 e. The summed E-state index contributed by atoms with van der Waals surface area (Å²) >= 11 is 3.47. The third-order valence-electron chi connectivity index (χ3n) is 2.65. The number of rotatable bonds is 1. The molecule has 0 aromatic heterocycles. The van der Waals surface area contributed by atoms with E-state index in [4.69, 9.17) is 4.74 Å². The predicted octanol–water partition coefficient (Wildman–Crippen LogP) is 3.17. The van der Waals surface area contributed by atoms with E-state index in [-0.39, 0.29) is 11.6 Å². The number of ether oxygens (including phenoxy) is 1. The summed E-state index contributed by atoms with van der Waals surface area (Å²) in [4.78, 5) is 13.8. The molecule has 88 valence electrons. The number of nitrogens with zero attached hydrogens (tertiary/aromatic N) is 1. The van der Waals surface area contributed by atoms with E-state index in [0.29, 0.717) is 0 Å². The van der Waals surface area contributed by atoms with Gasteiger partial charge < -0.3 is 9.64 Å². The molecule has 0 aromatic carbocycles. The fourth-order valence-corrected chi connectivity index (χ4v) is 2.37. The van der Waals surface area contributed by atoms with Crippen molar-refractivity contribution in [1.29, 1.82) is 0 Å². The van der Waals surface area contributed by atoms with Crippen LogP contribution in [0, 0.1) is 0 Å². The summed E-state index contributed by atoms with van der Waals surface area (Å²) in [6, 6.07) is 0. The lowest BCUT2D eigenvalue weighted by Crippen LogP contribution is -2.48. The number of alkyl halides is 1. The Hall–Kier alpha value is -0.250. The van der Waals surface area contributed by atoms with Crippen molar-refractivity contribution < 1.29 is 9.53 Å². The molecular weight excluding hydrogens is 258 g/mol. The van der Waals surface area contributed by atoms with Gasteiger partial charge in [-0.1, -0.05) is 15.9 Å². The quantitative estimate of drug-likeness (QED) is 0.689. The Bertz CT molecular complexity index is 249. The van der Waals surface area contributed by atoms with Gasteiger partial charge in [0.15, 0.2) is 0 Å². The Morgan fingerprint density at radius 2 is 2.13 bits per heavy atom. The molecule has 0 N–H and O–H groups in total. The Kier molecular flexibility index (Phi) is 3.69. The summed E-state index contributed by atoms with van der Waals surface area (Å²) < 4.78 is 5.39. The number of hydrogen-bond acceptors (Lipinski definition) is 2. The fraction of sp³-hybridized carbons (Fsp3) is 0.909. The summed E-state index contributed by atoms with van der Waals surface area (Å²) in [6.07, 6.45) is 1.90. The first-order valence-electron chi connectivity index (χ1n) is 5.35. The number of hydrogen-bond donors (Lipinski definition) is 0. The van der Waals surface area contributed by atoms with E-state index in [9.17, 15) is 4.79 Å². The molecule has 1 atom stereocenters. The van der Waals surface area contributed by atoms with Crippen LogP contribution in [-0.4, -0.2) is 34.0 Å². The van der Waals surface area contributed by atoms with Crippen LogP contribution < -0.4 is 0 Å². The van der Waals surface area contributed by atoms with Crippen molar-refractivity contribution in [3.8, 4) is 0 Å². The van der Waals surface area contributed by atoms with E-state index in [1.54, 1.807) is 0 Å². The maximum atomic E-state index is 11.9. The van der Waals surface area contributed by atoms with E-state index in [2.05, 4.69) is 22.9 Å². The molecule has 0 spiro atoms. The molecule has 1 saturated heterocycles. The molecule has 15 heavy (non-hydrogen) atoms. The molecule has 0 bridgehead atoms. The van der Waals surface area contributed by atoms with Crippen LogP contribution in [0.2, 0.25) is 0 Å². The van der Waals surface area contributed by atoms with Crippen molar-refractivity contribution in [2.24, 2.45) is 0 Å². The molecule has 1 aliphatic rings. The molecule has 3 nitrogen and oxygen atoms in total. The second kappa shape index (κ2) is 4.32. The highest BCUT2D eigenvalue weighted by molar-refractivity contribution is 9.09. The lowest BCUT2D eigenvalue weighted by atomic mass is 10.0. The number of likely N-dealkylation sites (tertiary alicyclic amines) is 1. The summed E-state index contributed by atoms with van der Waals surface area (Å²) in [5, 5.41) is 0.805. The van der Waals surface area contributed by atoms with Gasteiger partial charge in [-0.15, -0.1) is 0 Å². The van der Waals surface area contributed by atoms with E-state index in [1.165, 1.54) is 0 Å². The minimum absolute atomic E-state index is 0.0810. The molecule has 1 rings (SSSR count). The third-order valence-corrected chi connectivity index (χ3v) is 3.86. The summed E-state index contributed by atoms with van der Waals surface area (Å²) in [5.41, 5.74) is -0.491. The van der Waals surface area contributed by atoms with E-state index in [1.807, 2.05) is 25.7 Å². The summed E-state index contributed by atoms with van der Waals surface area (Å²) in [6.45, 7) is 8.58. The number of halogens is 1. The zero-order chi connectivity index (χ0) is 11.7. The topological polar surface area (TPSA) is 29.5 Å². The molecule has 0 aromatic rings. The van der Waals surface area contributed by atoms with E-state index >= 15 is 0 Å². The molecule has 0 unspecified atom stereocenters. The standard InChI is InChI=1S/C11H20BrNO2/c1-10(2,3)15-9(14)13-7-5-6-11(13,4)8-12/h5-8H2,1-4H3/t11-/m1/s1. The van der Waals surface area contributed by atoms with Crippen LogP contribution in [0.4, 0.5) is 4.79 Å². The number of amides is 1. The molecule has 1 aliphatic heterocycles. The van der Waals surface area contributed by atoms with Gasteiger partial charge in [-0.25, -0.2) is 4.79 Å². The molecule has 4 heteroatoms. The molecule has 1 fully saturated rings. The van der Waals surface area contributed by atoms with Gasteiger partial charge in [0, 0.05) is 11.9 Å². The molecule has 0 saturated carbocycles. The van der Waals surface area contributed by atoms with E-state index in [0.717, 1.165) is 24.7 Å². The minimum Gasteiger partial charge on any atom is -0.444 e. The SMILES string of the molecule is CC(C)(C)OC(=O)N1CCC[C@]1(C)CBr. The molecule has 1 amide bonds. The van der Waals surface area contributed by atoms with Gasteiger partial charge in [0.2, 0.25) is 0 Å². The van der Waals surface area contributed by atoms with Crippen LogP contribution in [0.5, 0.6) is 0 Å². The lowest BCUT2D eigenvalue weighted by molar-refractivity contribution is 0.0142. The van der Waals surface area contributed by atoms with Crippen LogP contribution in [0.3, 0.4) is 0 Å². The molecular formula is C11H20BrNO2. The lowest BCUT2D eigenvalue weighted by Gasteiger charge is -2.35. The van der Waals surface area contributed by atoms with Gasteiger partial charge in [0.05, 0.1) is 5.54 Å². The Morgan fingerprint density at radius 3 is 2.60 bits per heavy atom. The first kappa shape index (κ1) is 12.8. The van der Waals surface area contributed by atoms with Crippen LogP contribution in [0.15, 0.2) is 0 Å². The van der Waals surface area contributed by atoms with Crippen molar-refractivity contribution in [2.45, 2.75) is 51.7 Å². The van der Waals surface area contributed by atoms with Crippen molar-refractivity contribution in [2.75, 3.05) is 11.9 Å². The maximum Gasteiger partial charge on any atom is 0.410 e. The smallest absolute Gasteiger partial charge is 0.410 e. The maximum absolute atomic E-state index is 11.9. The highest BCUT2D eigenvalue weighted by Crippen LogP contribution is 2.31. The van der Waals surface area contributed by atoms with Gasteiger partial charge in [0.25, 0.3) is 0 Å². The first-order chi connectivity index (χ1) is 6.78. The van der Waals surface area contributed by atoms with Gasteiger partial charge in [0.1, 0.15) is 5.60 Å². The average molecular weight is 278 g/mol. The zero-order valence-electron chi connectivity index (χ0n) is 9.97. The summed E-state index contributed by atoms with van der Waals surface area (Å²) in [5.74, 6) is 0.